The molecule has 0 bridgehead atoms. The van der Waals surface area contributed by atoms with Crippen molar-refractivity contribution >= 4 is 7.60 Å². The van der Waals surface area contributed by atoms with Crippen LogP contribution >= 0.6 is 7.60 Å². The molecule has 0 N–H and O–H groups in total. The molecule has 0 radical (unpaired) electrons. The average molecular weight is 292 g/mol. The standard InChI is InChI=1S/C13H25O5P/c1-4-11-12(6-8-15-11)18-19(3,14)17-9-13-10(2)5-7-16-13/h10-13H,4-9H2,1-3H3/t10-,11+,12-,13+,19-/m0/s1. The van der Waals surface area contributed by atoms with Gasteiger partial charge in [-0.25, -0.2) is 0 Å². The van der Waals surface area contributed by atoms with Crippen LogP contribution in [0.5, 0.6) is 0 Å². The Morgan fingerprint density at radius 2 is 1.89 bits per heavy atom. The maximum Gasteiger partial charge on any atom is 0.328 e. The van der Waals surface area contributed by atoms with Gasteiger partial charge >= 0.3 is 7.60 Å². The Morgan fingerprint density at radius 3 is 2.53 bits per heavy atom. The minimum Gasteiger partial charge on any atom is -0.376 e. The zero-order chi connectivity index (χ0) is 13.9. The predicted molar refractivity (Wildman–Crippen MR) is 72.5 cm³/mol. The molecule has 0 spiro atoms. The summed E-state index contributed by atoms with van der Waals surface area (Å²) in [6, 6.07) is 0. The Labute approximate surface area is 115 Å². The molecule has 0 aliphatic carbocycles. The van der Waals surface area contributed by atoms with E-state index in [1.165, 1.54) is 6.66 Å². The monoisotopic (exact) mass is 292 g/mol. The zero-order valence-electron chi connectivity index (χ0n) is 12.0. The van der Waals surface area contributed by atoms with Crippen LogP contribution in [-0.2, 0) is 23.1 Å². The molecule has 0 saturated carbocycles. The molecule has 2 aliphatic heterocycles. The second-order valence-corrected chi connectivity index (χ2v) is 7.50. The van der Waals surface area contributed by atoms with Gasteiger partial charge in [-0.1, -0.05) is 13.8 Å². The van der Waals surface area contributed by atoms with Crippen LogP contribution in [0.25, 0.3) is 0 Å². The van der Waals surface area contributed by atoms with E-state index in [0.29, 0.717) is 19.1 Å². The minimum absolute atomic E-state index is 0.0403. The number of ether oxygens (including phenoxy) is 2. The first-order valence-electron chi connectivity index (χ1n) is 7.15. The lowest BCUT2D eigenvalue weighted by atomic mass is 10.1. The first-order chi connectivity index (χ1) is 9.02. The van der Waals surface area contributed by atoms with Crippen LogP contribution < -0.4 is 0 Å². The minimum atomic E-state index is -3.03. The lowest BCUT2D eigenvalue weighted by molar-refractivity contribution is 0.0242. The van der Waals surface area contributed by atoms with E-state index in [4.69, 9.17) is 18.5 Å². The van der Waals surface area contributed by atoms with Crippen molar-refractivity contribution in [2.75, 3.05) is 26.5 Å². The highest BCUT2D eigenvalue weighted by Crippen LogP contribution is 2.48. The molecule has 6 heteroatoms. The van der Waals surface area contributed by atoms with Gasteiger partial charge in [-0.3, -0.25) is 4.57 Å². The number of hydrogen-bond acceptors (Lipinski definition) is 5. The van der Waals surface area contributed by atoms with Crippen molar-refractivity contribution in [1.82, 2.24) is 0 Å². The molecule has 112 valence electrons. The number of hydrogen-bond donors (Lipinski definition) is 0. The molecule has 0 amide bonds. The lowest BCUT2D eigenvalue weighted by Gasteiger charge is -2.23. The summed E-state index contributed by atoms with van der Waals surface area (Å²) in [5.41, 5.74) is 0. The largest absolute Gasteiger partial charge is 0.376 e. The molecular weight excluding hydrogens is 267 g/mol. The topological polar surface area (TPSA) is 54.0 Å². The van der Waals surface area contributed by atoms with Gasteiger partial charge in [0.2, 0.25) is 0 Å². The second kappa shape index (κ2) is 6.68. The van der Waals surface area contributed by atoms with Crippen LogP contribution in [0, 0.1) is 5.92 Å². The van der Waals surface area contributed by atoms with Crippen LogP contribution in [0.4, 0.5) is 0 Å². The first-order valence-corrected chi connectivity index (χ1v) is 9.14. The molecule has 19 heavy (non-hydrogen) atoms. The Hall–Kier alpha value is 0.0700. The average Bonchev–Trinajstić information content (AvgIpc) is 2.95. The Morgan fingerprint density at radius 1 is 1.21 bits per heavy atom. The van der Waals surface area contributed by atoms with Crippen LogP contribution in [0.15, 0.2) is 0 Å². The summed E-state index contributed by atoms with van der Waals surface area (Å²) in [6.45, 7) is 7.49. The molecule has 2 heterocycles. The van der Waals surface area contributed by atoms with Gasteiger partial charge in [0.25, 0.3) is 0 Å². The van der Waals surface area contributed by atoms with E-state index in [9.17, 15) is 4.57 Å². The second-order valence-electron chi connectivity index (χ2n) is 5.49. The molecule has 0 aromatic rings. The molecular formula is C13H25O5P. The smallest absolute Gasteiger partial charge is 0.328 e. The van der Waals surface area contributed by atoms with Crippen molar-refractivity contribution in [2.45, 2.75) is 51.4 Å². The van der Waals surface area contributed by atoms with Gasteiger partial charge in [0.1, 0.15) is 0 Å². The first kappa shape index (κ1) is 15.5. The fourth-order valence-corrected chi connectivity index (χ4v) is 3.79. The summed E-state index contributed by atoms with van der Waals surface area (Å²) in [7, 11) is -3.03. The van der Waals surface area contributed by atoms with E-state index in [-0.39, 0.29) is 18.3 Å². The lowest BCUT2D eigenvalue weighted by Crippen LogP contribution is -2.24. The molecule has 0 aromatic carbocycles. The summed E-state index contributed by atoms with van der Waals surface area (Å²) in [6.07, 6.45) is 2.67. The van der Waals surface area contributed by atoms with Gasteiger partial charge < -0.3 is 18.5 Å². The van der Waals surface area contributed by atoms with Crippen LogP contribution in [0.2, 0.25) is 0 Å². The van der Waals surface area contributed by atoms with Gasteiger partial charge in [0.15, 0.2) is 0 Å². The SMILES string of the molecule is CC[C@H]1OCC[C@@H]1O[P@@](C)(=O)OC[C@H]1OCC[C@@H]1C. The van der Waals surface area contributed by atoms with Crippen LogP contribution in [-0.4, -0.2) is 44.8 Å². The summed E-state index contributed by atoms with van der Waals surface area (Å²) >= 11 is 0. The Balaban J connectivity index is 1.79. The van der Waals surface area contributed by atoms with E-state index >= 15 is 0 Å². The van der Waals surface area contributed by atoms with E-state index in [1.807, 2.05) is 6.92 Å². The molecule has 5 atom stereocenters. The van der Waals surface area contributed by atoms with Crippen LogP contribution in [0.1, 0.15) is 33.1 Å². The summed E-state index contributed by atoms with van der Waals surface area (Å²) < 4.78 is 34.6. The van der Waals surface area contributed by atoms with Crippen molar-refractivity contribution in [3.8, 4) is 0 Å². The van der Waals surface area contributed by atoms with E-state index < -0.39 is 7.60 Å². The van der Waals surface area contributed by atoms with Gasteiger partial charge in [0.05, 0.1) is 24.9 Å². The normalized spacial score (nSPS) is 38.5. The van der Waals surface area contributed by atoms with E-state index in [2.05, 4.69) is 6.92 Å². The fourth-order valence-electron chi connectivity index (χ4n) is 2.58. The molecule has 0 unspecified atom stereocenters. The maximum absolute atomic E-state index is 12.3. The Bertz CT molecular complexity index is 335. The van der Waals surface area contributed by atoms with Crippen molar-refractivity contribution in [3.63, 3.8) is 0 Å². The highest BCUT2D eigenvalue weighted by Gasteiger charge is 2.34. The third kappa shape index (κ3) is 4.27. The molecule has 5 nitrogen and oxygen atoms in total. The summed E-state index contributed by atoms with van der Waals surface area (Å²) in [5.74, 6) is 0.457. The van der Waals surface area contributed by atoms with Crippen LogP contribution in [0.3, 0.4) is 0 Å². The van der Waals surface area contributed by atoms with Gasteiger partial charge in [0, 0.05) is 26.3 Å². The van der Waals surface area contributed by atoms with Crippen molar-refractivity contribution in [2.24, 2.45) is 5.92 Å². The van der Waals surface area contributed by atoms with E-state index in [1.54, 1.807) is 0 Å². The van der Waals surface area contributed by atoms with Crippen molar-refractivity contribution in [3.05, 3.63) is 0 Å². The van der Waals surface area contributed by atoms with Crippen molar-refractivity contribution < 1.29 is 23.1 Å². The van der Waals surface area contributed by atoms with Gasteiger partial charge in [-0.15, -0.1) is 0 Å². The van der Waals surface area contributed by atoms with Gasteiger partial charge in [-0.2, -0.15) is 0 Å². The zero-order valence-corrected chi connectivity index (χ0v) is 12.9. The third-order valence-corrected chi connectivity index (χ3v) is 5.16. The molecule has 0 aromatic heterocycles. The molecule has 2 saturated heterocycles. The summed E-state index contributed by atoms with van der Waals surface area (Å²) in [4.78, 5) is 0. The maximum atomic E-state index is 12.3. The highest BCUT2D eigenvalue weighted by atomic mass is 31.2. The quantitative estimate of drug-likeness (QED) is 0.705. The fraction of sp³-hybridized carbons (Fsp3) is 1.00. The molecule has 2 aliphatic rings. The Kier molecular flexibility index (Phi) is 5.44. The molecule has 2 rings (SSSR count). The predicted octanol–water partition coefficient (Wildman–Crippen LogP) is 2.84. The van der Waals surface area contributed by atoms with Gasteiger partial charge in [-0.05, 0) is 18.8 Å². The van der Waals surface area contributed by atoms with E-state index in [0.717, 1.165) is 25.9 Å². The highest BCUT2D eigenvalue weighted by molar-refractivity contribution is 7.53. The summed E-state index contributed by atoms with van der Waals surface area (Å²) in [5, 5.41) is 0. The molecule has 2 fully saturated rings. The third-order valence-electron chi connectivity index (χ3n) is 3.89. The number of rotatable bonds is 6. The van der Waals surface area contributed by atoms with Crippen molar-refractivity contribution in [1.29, 1.82) is 0 Å².